The Bertz CT molecular complexity index is 1610. The Morgan fingerprint density at radius 2 is 2.00 bits per heavy atom. The van der Waals surface area contributed by atoms with Crippen molar-refractivity contribution in [3.63, 3.8) is 0 Å². The number of amides is 2. The molecule has 2 amide bonds. The molecule has 2 aliphatic rings. The Morgan fingerprint density at radius 3 is 2.77 bits per heavy atom. The Morgan fingerprint density at radius 1 is 1.15 bits per heavy atom. The smallest absolute Gasteiger partial charge is 0.284 e. The number of fused-ring (bicyclic) bond motifs is 1. The van der Waals surface area contributed by atoms with Crippen molar-refractivity contribution in [2.75, 3.05) is 18.4 Å². The monoisotopic (exact) mass is 541 g/mol. The lowest BCUT2D eigenvalue weighted by atomic mass is 10.1. The fourth-order valence-corrected chi connectivity index (χ4v) is 5.57. The Hall–Kier alpha value is -4.37. The summed E-state index contributed by atoms with van der Waals surface area (Å²) >= 11 is 1.23. The summed E-state index contributed by atoms with van der Waals surface area (Å²) in [6.45, 7) is 5.15. The Labute approximate surface area is 228 Å². The van der Waals surface area contributed by atoms with Gasteiger partial charge in [-0.3, -0.25) is 14.6 Å². The number of carbonyl (C=O) groups is 2. The van der Waals surface area contributed by atoms with Gasteiger partial charge in [-0.25, -0.2) is 4.52 Å². The SMILES string of the molecule is CC(C)Nc1cc(-c2ccc3cc(C#N)cnn23)ncc1-c1nnc(C(=O)N2CCC(NC(=O)C3CC3)C2)s1. The second-order valence-corrected chi connectivity index (χ2v) is 11.2. The molecule has 1 aliphatic heterocycles. The van der Waals surface area contributed by atoms with Gasteiger partial charge in [-0.05, 0) is 57.4 Å². The molecule has 39 heavy (non-hydrogen) atoms. The van der Waals surface area contributed by atoms with Gasteiger partial charge in [0, 0.05) is 43.0 Å². The van der Waals surface area contributed by atoms with E-state index in [2.05, 4.69) is 37.0 Å². The zero-order valence-electron chi connectivity index (χ0n) is 21.6. The van der Waals surface area contributed by atoms with Crippen LogP contribution in [-0.2, 0) is 4.79 Å². The average Bonchev–Trinajstić information content (AvgIpc) is 3.30. The molecule has 198 valence electrons. The Balaban J connectivity index is 1.24. The highest BCUT2D eigenvalue weighted by Gasteiger charge is 2.34. The zero-order chi connectivity index (χ0) is 27.1. The fourth-order valence-electron chi connectivity index (χ4n) is 4.73. The van der Waals surface area contributed by atoms with Gasteiger partial charge in [-0.1, -0.05) is 11.3 Å². The summed E-state index contributed by atoms with van der Waals surface area (Å²) in [5.74, 6) is 0.0787. The van der Waals surface area contributed by atoms with Gasteiger partial charge in [0.05, 0.1) is 34.2 Å². The maximum absolute atomic E-state index is 13.2. The van der Waals surface area contributed by atoms with Crippen LogP contribution in [0.15, 0.2) is 36.7 Å². The number of hydrogen-bond donors (Lipinski definition) is 2. The van der Waals surface area contributed by atoms with Crippen LogP contribution in [0.4, 0.5) is 5.69 Å². The lowest BCUT2D eigenvalue weighted by Crippen LogP contribution is -2.39. The van der Waals surface area contributed by atoms with Gasteiger partial charge in [0.1, 0.15) is 6.07 Å². The summed E-state index contributed by atoms with van der Waals surface area (Å²) in [6, 6.07) is 9.77. The van der Waals surface area contributed by atoms with Crippen LogP contribution in [0.5, 0.6) is 0 Å². The van der Waals surface area contributed by atoms with E-state index in [1.165, 1.54) is 17.5 Å². The first-order chi connectivity index (χ1) is 18.9. The van der Waals surface area contributed by atoms with Crippen molar-refractivity contribution in [2.24, 2.45) is 5.92 Å². The van der Waals surface area contributed by atoms with E-state index in [4.69, 9.17) is 0 Å². The highest BCUT2D eigenvalue weighted by atomic mass is 32.1. The molecule has 11 nitrogen and oxygen atoms in total. The normalized spacial score (nSPS) is 17.0. The summed E-state index contributed by atoms with van der Waals surface area (Å²) in [4.78, 5) is 31.7. The number of pyridine rings is 1. The third-order valence-corrected chi connectivity index (χ3v) is 7.79. The van der Waals surface area contributed by atoms with Crippen LogP contribution in [0.25, 0.3) is 27.5 Å². The van der Waals surface area contributed by atoms with Crippen LogP contribution < -0.4 is 10.6 Å². The van der Waals surface area contributed by atoms with Crippen LogP contribution >= 0.6 is 11.3 Å². The van der Waals surface area contributed by atoms with Crippen molar-refractivity contribution < 1.29 is 9.59 Å². The molecule has 2 N–H and O–H groups in total. The minimum absolute atomic E-state index is 0.0147. The maximum Gasteiger partial charge on any atom is 0.284 e. The molecule has 0 aromatic carbocycles. The molecule has 5 heterocycles. The molecule has 1 aliphatic carbocycles. The van der Waals surface area contributed by atoms with Crippen LogP contribution in [-0.4, -0.2) is 66.7 Å². The first-order valence-electron chi connectivity index (χ1n) is 13.0. The maximum atomic E-state index is 13.2. The standard InChI is InChI=1S/C27H27N9O2S/c1-15(2)31-21-10-22(23-6-5-19-9-16(11-28)12-30-36(19)23)29-13-20(21)25-33-34-26(39-25)27(38)35-8-7-18(14-35)32-24(37)17-3-4-17/h5-6,9-10,12-13,15,17-18H,3-4,7-8,14H2,1-2H3,(H,29,31)(H,32,37). The highest BCUT2D eigenvalue weighted by Crippen LogP contribution is 2.34. The molecule has 6 rings (SSSR count). The van der Waals surface area contributed by atoms with E-state index < -0.39 is 0 Å². The lowest BCUT2D eigenvalue weighted by molar-refractivity contribution is -0.122. The van der Waals surface area contributed by atoms with Gasteiger partial charge >= 0.3 is 0 Å². The van der Waals surface area contributed by atoms with Gasteiger partial charge in [-0.15, -0.1) is 10.2 Å². The first kappa shape index (κ1) is 24.9. The summed E-state index contributed by atoms with van der Waals surface area (Å²) < 4.78 is 1.75. The number of likely N-dealkylation sites (tertiary alicyclic amines) is 1. The number of rotatable bonds is 7. The van der Waals surface area contributed by atoms with Crippen LogP contribution in [0.1, 0.15) is 48.5 Å². The molecule has 1 saturated heterocycles. The third-order valence-electron chi connectivity index (χ3n) is 6.85. The quantitative estimate of drug-likeness (QED) is 0.363. The minimum atomic E-state index is -0.174. The molecular weight excluding hydrogens is 514 g/mol. The molecule has 1 saturated carbocycles. The lowest BCUT2D eigenvalue weighted by Gasteiger charge is -2.15. The number of hydrogen-bond acceptors (Lipinski definition) is 9. The number of carbonyl (C=O) groups excluding carboxylic acids is 2. The van der Waals surface area contributed by atoms with Crippen LogP contribution in [0.3, 0.4) is 0 Å². The molecular formula is C27H27N9O2S. The molecule has 4 aromatic rings. The summed E-state index contributed by atoms with van der Waals surface area (Å²) in [5.41, 5.74) is 4.36. The molecule has 1 atom stereocenters. The minimum Gasteiger partial charge on any atom is -0.382 e. The summed E-state index contributed by atoms with van der Waals surface area (Å²) in [7, 11) is 0. The number of aromatic nitrogens is 5. The number of nitriles is 1. The summed E-state index contributed by atoms with van der Waals surface area (Å²) in [6.07, 6.45) is 5.92. The van der Waals surface area contributed by atoms with Gasteiger partial charge in [0.15, 0.2) is 5.01 Å². The molecule has 0 bridgehead atoms. The molecule has 0 spiro atoms. The second-order valence-electron chi connectivity index (χ2n) is 10.3. The van der Waals surface area contributed by atoms with Crippen molar-refractivity contribution in [1.82, 2.24) is 35.0 Å². The topological polar surface area (TPSA) is 141 Å². The van der Waals surface area contributed by atoms with Gasteiger partial charge in [0.25, 0.3) is 5.91 Å². The van der Waals surface area contributed by atoms with E-state index in [0.717, 1.165) is 41.7 Å². The van der Waals surface area contributed by atoms with Crippen molar-refractivity contribution in [3.05, 3.63) is 47.2 Å². The molecule has 4 aromatic heterocycles. The molecule has 0 radical (unpaired) electrons. The second kappa shape index (κ2) is 10.1. The average molecular weight is 542 g/mol. The van der Waals surface area contributed by atoms with E-state index in [1.807, 2.05) is 32.0 Å². The highest BCUT2D eigenvalue weighted by molar-refractivity contribution is 7.16. The van der Waals surface area contributed by atoms with Gasteiger partial charge in [0.2, 0.25) is 10.9 Å². The van der Waals surface area contributed by atoms with Crippen LogP contribution in [0.2, 0.25) is 0 Å². The first-order valence-corrected chi connectivity index (χ1v) is 13.8. The van der Waals surface area contributed by atoms with E-state index in [0.29, 0.717) is 34.4 Å². The van der Waals surface area contributed by atoms with Crippen LogP contribution in [0, 0.1) is 17.2 Å². The van der Waals surface area contributed by atoms with Gasteiger partial charge in [-0.2, -0.15) is 10.4 Å². The number of nitrogens with zero attached hydrogens (tertiary/aromatic N) is 7. The Kier molecular flexibility index (Phi) is 6.44. The fraction of sp³-hybridized carbons (Fsp3) is 0.370. The number of anilines is 1. The van der Waals surface area contributed by atoms with Crippen molar-refractivity contribution in [2.45, 2.75) is 45.2 Å². The largest absolute Gasteiger partial charge is 0.382 e. The summed E-state index contributed by atoms with van der Waals surface area (Å²) in [5, 5.41) is 29.5. The van der Waals surface area contributed by atoms with E-state index >= 15 is 0 Å². The van der Waals surface area contributed by atoms with Gasteiger partial charge < -0.3 is 15.5 Å². The van der Waals surface area contributed by atoms with Crippen molar-refractivity contribution in [3.8, 4) is 28.0 Å². The molecule has 2 fully saturated rings. The van der Waals surface area contributed by atoms with Crippen molar-refractivity contribution >= 4 is 34.4 Å². The molecule has 12 heteroatoms. The number of nitrogens with one attached hydrogen (secondary N) is 2. The third kappa shape index (κ3) is 5.05. The van der Waals surface area contributed by atoms with Crippen molar-refractivity contribution in [1.29, 1.82) is 5.26 Å². The van der Waals surface area contributed by atoms with E-state index in [1.54, 1.807) is 21.7 Å². The van der Waals surface area contributed by atoms with E-state index in [-0.39, 0.29) is 29.8 Å². The molecule has 1 unspecified atom stereocenters. The van der Waals surface area contributed by atoms with E-state index in [9.17, 15) is 14.9 Å². The predicted molar refractivity (Wildman–Crippen MR) is 146 cm³/mol. The predicted octanol–water partition coefficient (Wildman–Crippen LogP) is 3.35. The zero-order valence-corrected chi connectivity index (χ0v) is 22.4.